The van der Waals surface area contributed by atoms with Crippen LogP contribution in [0.5, 0.6) is 0 Å². The molecule has 0 radical (unpaired) electrons. The number of ether oxygens (including phenoxy) is 1. The second-order valence-corrected chi connectivity index (χ2v) is 5.28. The van der Waals surface area contributed by atoms with Crippen LogP contribution in [0.15, 0.2) is 0 Å². The fourth-order valence-corrected chi connectivity index (χ4v) is 2.55. The van der Waals surface area contributed by atoms with Gasteiger partial charge in [0.05, 0.1) is 18.6 Å². The number of carbonyl (C=O) groups excluding carboxylic acids is 2. The standard InChI is InChI=1S/C12H19NO4/c1-8(2)12(5-3-4-6-12)17-11(16)13-7-9(13)10(14)15/h8-9H,3-7H2,1-2H3,(H,14,15)/p-1. The summed E-state index contributed by atoms with van der Waals surface area (Å²) in [7, 11) is 0. The molecule has 1 atom stereocenters. The third-order valence-electron chi connectivity index (χ3n) is 3.91. The van der Waals surface area contributed by atoms with Crippen LogP contribution in [-0.4, -0.2) is 35.2 Å². The summed E-state index contributed by atoms with van der Waals surface area (Å²) in [5, 5.41) is 10.6. The maximum Gasteiger partial charge on any atom is 0.411 e. The highest BCUT2D eigenvalue weighted by molar-refractivity contribution is 5.84. The zero-order chi connectivity index (χ0) is 12.6. The third-order valence-corrected chi connectivity index (χ3v) is 3.91. The summed E-state index contributed by atoms with van der Waals surface area (Å²) in [5.74, 6) is -0.942. The largest absolute Gasteiger partial charge is 0.548 e. The monoisotopic (exact) mass is 240 g/mol. The molecule has 1 saturated carbocycles. The van der Waals surface area contributed by atoms with E-state index < -0.39 is 23.7 Å². The number of carbonyl (C=O) groups is 2. The first-order valence-electron chi connectivity index (χ1n) is 6.17. The molecule has 17 heavy (non-hydrogen) atoms. The minimum atomic E-state index is -1.20. The first-order valence-corrected chi connectivity index (χ1v) is 6.17. The topological polar surface area (TPSA) is 69.4 Å². The molecule has 2 fully saturated rings. The maximum absolute atomic E-state index is 11.8. The van der Waals surface area contributed by atoms with Crippen molar-refractivity contribution in [1.29, 1.82) is 0 Å². The fourth-order valence-electron chi connectivity index (χ4n) is 2.55. The molecule has 0 bridgehead atoms. The van der Waals surface area contributed by atoms with Crippen LogP contribution in [0.2, 0.25) is 0 Å². The molecule has 1 aliphatic heterocycles. The molecule has 2 rings (SSSR count). The summed E-state index contributed by atoms with van der Waals surface area (Å²) in [5.41, 5.74) is -0.393. The molecule has 1 saturated heterocycles. The number of carboxylic acids is 1. The lowest BCUT2D eigenvalue weighted by atomic mass is 9.88. The van der Waals surface area contributed by atoms with E-state index in [9.17, 15) is 14.7 Å². The van der Waals surface area contributed by atoms with E-state index in [0.717, 1.165) is 25.7 Å². The predicted molar refractivity (Wildman–Crippen MR) is 58.0 cm³/mol. The van der Waals surface area contributed by atoms with Gasteiger partial charge in [-0.2, -0.15) is 0 Å². The minimum Gasteiger partial charge on any atom is -0.548 e. The van der Waals surface area contributed by atoms with Gasteiger partial charge < -0.3 is 14.6 Å². The molecular weight excluding hydrogens is 222 g/mol. The Balaban J connectivity index is 1.96. The first-order chi connectivity index (χ1) is 7.96. The number of rotatable bonds is 3. The van der Waals surface area contributed by atoms with E-state index >= 15 is 0 Å². The summed E-state index contributed by atoms with van der Waals surface area (Å²) in [6, 6.07) is -0.784. The molecular formula is C12H18NO4-. The number of hydrogen-bond donors (Lipinski definition) is 0. The Morgan fingerprint density at radius 2 is 1.94 bits per heavy atom. The number of carboxylic acid groups (broad SMARTS) is 1. The molecule has 0 spiro atoms. The van der Waals surface area contributed by atoms with Gasteiger partial charge in [-0.3, -0.25) is 4.90 Å². The molecule has 1 heterocycles. The van der Waals surface area contributed by atoms with Gasteiger partial charge in [-0.25, -0.2) is 4.79 Å². The van der Waals surface area contributed by atoms with Gasteiger partial charge in [0.15, 0.2) is 0 Å². The van der Waals surface area contributed by atoms with Crippen LogP contribution < -0.4 is 5.11 Å². The van der Waals surface area contributed by atoms with Crippen molar-refractivity contribution < 1.29 is 19.4 Å². The van der Waals surface area contributed by atoms with Crippen LogP contribution in [-0.2, 0) is 9.53 Å². The number of aliphatic carboxylic acids is 1. The Morgan fingerprint density at radius 1 is 1.35 bits per heavy atom. The summed E-state index contributed by atoms with van der Waals surface area (Å²) in [4.78, 5) is 23.6. The summed E-state index contributed by atoms with van der Waals surface area (Å²) < 4.78 is 5.56. The van der Waals surface area contributed by atoms with Crippen molar-refractivity contribution in [1.82, 2.24) is 4.90 Å². The summed E-state index contributed by atoms with van der Waals surface area (Å²) >= 11 is 0. The molecule has 0 aromatic heterocycles. The highest BCUT2D eigenvalue weighted by Gasteiger charge is 2.46. The van der Waals surface area contributed by atoms with Gasteiger partial charge in [-0.1, -0.05) is 13.8 Å². The van der Waals surface area contributed by atoms with Crippen LogP contribution in [0.4, 0.5) is 4.79 Å². The molecule has 0 aromatic carbocycles. The van der Waals surface area contributed by atoms with E-state index in [1.165, 1.54) is 4.90 Å². The van der Waals surface area contributed by atoms with E-state index in [1.807, 2.05) is 13.8 Å². The van der Waals surface area contributed by atoms with Crippen molar-refractivity contribution in [2.75, 3.05) is 6.54 Å². The zero-order valence-electron chi connectivity index (χ0n) is 10.3. The lowest BCUT2D eigenvalue weighted by Crippen LogP contribution is -2.40. The van der Waals surface area contributed by atoms with Crippen LogP contribution in [0.3, 0.4) is 0 Å². The maximum atomic E-state index is 11.8. The third kappa shape index (κ3) is 2.23. The molecule has 0 aromatic rings. The van der Waals surface area contributed by atoms with Crippen molar-refractivity contribution in [3.63, 3.8) is 0 Å². The molecule has 2 aliphatic rings. The lowest BCUT2D eigenvalue weighted by molar-refractivity contribution is -0.305. The molecule has 0 N–H and O–H groups in total. The molecule has 1 unspecified atom stereocenters. The van der Waals surface area contributed by atoms with E-state index in [-0.39, 0.29) is 12.5 Å². The second-order valence-electron chi connectivity index (χ2n) is 5.28. The molecule has 5 heteroatoms. The van der Waals surface area contributed by atoms with E-state index in [2.05, 4.69) is 0 Å². The van der Waals surface area contributed by atoms with Gasteiger partial charge in [-0.15, -0.1) is 0 Å². The average Bonchev–Trinajstić information content (AvgIpc) is 2.93. The number of amides is 1. The quantitative estimate of drug-likeness (QED) is 0.675. The summed E-state index contributed by atoms with van der Waals surface area (Å²) in [6.45, 7) is 4.30. The van der Waals surface area contributed by atoms with E-state index in [1.54, 1.807) is 0 Å². The van der Waals surface area contributed by atoms with Gasteiger partial charge in [0.1, 0.15) is 5.60 Å². The molecule has 96 valence electrons. The van der Waals surface area contributed by atoms with E-state index in [4.69, 9.17) is 4.74 Å². The lowest BCUT2D eigenvalue weighted by Gasteiger charge is -2.33. The zero-order valence-corrected chi connectivity index (χ0v) is 10.3. The van der Waals surface area contributed by atoms with Crippen LogP contribution in [0.25, 0.3) is 0 Å². The van der Waals surface area contributed by atoms with Crippen molar-refractivity contribution in [3.8, 4) is 0 Å². The number of nitrogens with zero attached hydrogens (tertiary/aromatic N) is 1. The van der Waals surface area contributed by atoms with Gasteiger partial charge in [0, 0.05) is 0 Å². The molecule has 1 aliphatic carbocycles. The smallest absolute Gasteiger partial charge is 0.411 e. The van der Waals surface area contributed by atoms with Gasteiger partial charge >= 0.3 is 6.09 Å². The van der Waals surface area contributed by atoms with Gasteiger partial charge in [0.2, 0.25) is 0 Å². The molecule has 5 nitrogen and oxygen atoms in total. The van der Waals surface area contributed by atoms with Gasteiger partial charge in [0.25, 0.3) is 0 Å². The SMILES string of the molecule is CC(C)C1(OC(=O)N2CC2C(=O)[O-])CCCC1. The van der Waals surface area contributed by atoms with Gasteiger partial charge in [-0.05, 0) is 31.6 Å². The average molecular weight is 240 g/mol. The second kappa shape index (κ2) is 4.20. The van der Waals surface area contributed by atoms with Crippen LogP contribution in [0.1, 0.15) is 39.5 Å². The van der Waals surface area contributed by atoms with Crippen molar-refractivity contribution in [3.05, 3.63) is 0 Å². The Hall–Kier alpha value is -1.26. The Labute approximate surface area is 101 Å². The van der Waals surface area contributed by atoms with Crippen molar-refractivity contribution in [2.45, 2.75) is 51.2 Å². The molecule has 1 amide bonds. The number of hydrogen-bond acceptors (Lipinski definition) is 4. The summed E-state index contributed by atoms with van der Waals surface area (Å²) in [6.07, 6.45) is 3.38. The minimum absolute atomic E-state index is 0.218. The van der Waals surface area contributed by atoms with Crippen LogP contribution >= 0.6 is 0 Å². The predicted octanol–water partition coefficient (Wildman–Crippen LogP) is 0.526. The van der Waals surface area contributed by atoms with E-state index in [0.29, 0.717) is 0 Å². The van der Waals surface area contributed by atoms with Crippen molar-refractivity contribution in [2.24, 2.45) is 5.92 Å². The normalized spacial score (nSPS) is 26.1. The van der Waals surface area contributed by atoms with Crippen LogP contribution in [0, 0.1) is 5.92 Å². The Kier molecular flexibility index (Phi) is 3.02. The highest BCUT2D eigenvalue weighted by atomic mass is 16.6. The van der Waals surface area contributed by atoms with Crippen molar-refractivity contribution >= 4 is 12.1 Å². The highest BCUT2D eigenvalue weighted by Crippen LogP contribution is 2.40. The Morgan fingerprint density at radius 3 is 2.35 bits per heavy atom. The fraction of sp³-hybridized carbons (Fsp3) is 0.833. The Bertz CT molecular complexity index is 333. The first kappa shape index (κ1) is 12.2.